The molecule has 0 spiro atoms. The number of benzene rings is 2. The van der Waals surface area contributed by atoms with Crippen LogP contribution in [0.4, 0.5) is 4.39 Å². The zero-order valence-corrected chi connectivity index (χ0v) is 23.0. The Morgan fingerprint density at radius 1 is 1.05 bits per heavy atom. The number of halogens is 2. The lowest BCUT2D eigenvalue weighted by Crippen LogP contribution is -2.58. The first-order valence-electron chi connectivity index (χ1n) is 12.4. The minimum atomic E-state index is -1.26. The molecular weight excluding hydrogens is 547 g/mol. The summed E-state index contributed by atoms with van der Waals surface area (Å²) in [7, 11) is 0. The van der Waals surface area contributed by atoms with E-state index in [2.05, 4.69) is 15.5 Å². The lowest BCUT2D eigenvalue weighted by molar-refractivity contribution is -0.139. The molecule has 2 aromatic carbocycles. The maximum atomic E-state index is 13.2. The zero-order valence-electron chi connectivity index (χ0n) is 21.4. The van der Waals surface area contributed by atoms with E-state index >= 15 is 0 Å². The quantitative estimate of drug-likeness (QED) is 0.283. The molecule has 2 aliphatic heterocycles. The van der Waals surface area contributed by atoms with E-state index in [1.54, 1.807) is 17.0 Å². The molecule has 2 heterocycles. The Bertz CT molecular complexity index is 1290. The average molecular weight is 575 g/mol. The van der Waals surface area contributed by atoms with Crippen molar-refractivity contribution in [2.75, 3.05) is 19.7 Å². The van der Waals surface area contributed by atoms with Crippen molar-refractivity contribution in [3.63, 3.8) is 0 Å². The lowest BCUT2D eigenvalue weighted by atomic mass is 9.95. The number of ether oxygens (including phenoxy) is 1. The molecule has 0 saturated carbocycles. The molecule has 39 heavy (non-hydrogen) atoms. The molecule has 2 saturated heterocycles. The second kappa shape index (κ2) is 12.2. The first-order chi connectivity index (χ1) is 18.5. The molecule has 4 rings (SSSR count). The van der Waals surface area contributed by atoms with Crippen LogP contribution in [0.15, 0.2) is 42.5 Å². The molecule has 0 radical (unpaired) electrons. The summed E-state index contributed by atoms with van der Waals surface area (Å²) in [6, 6.07) is 10.7. The van der Waals surface area contributed by atoms with Crippen molar-refractivity contribution < 1.29 is 28.3 Å². The highest BCUT2D eigenvalue weighted by Crippen LogP contribution is 2.27. The average Bonchev–Trinajstić information content (AvgIpc) is 2.88. The van der Waals surface area contributed by atoms with Gasteiger partial charge in [0.2, 0.25) is 11.8 Å². The van der Waals surface area contributed by atoms with Gasteiger partial charge in [0.25, 0.3) is 5.91 Å². The van der Waals surface area contributed by atoms with Crippen LogP contribution in [0, 0.1) is 11.7 Å². The lowest BCUT2D eigenvalue weighted by Gasteiger charge is -2.44. The molecule has 2 aliphatic rings. The molecular formula is C27H28ClFN4O5S. The number of rotatable bonds is 8. The molecule has 0 bridgehead atoms. The number of carbonyl (C=O) groups is 4. The number of ketones is 1. The number of hydrogen-bond donors (Lipinski definition) is 2. The molecule has 2 fully saturated rings. The van der Waals surface area contributed by atoms with Crippen molar-refractivity contribution in [1.82, 2.24) is 20.4 Å². The summed E-state index contributed by atoms with van der Waals surface area (Å²) in [6.07, 6.45) is -0.421. The van der Waals surface area contributed by atoms with E-state index in [1.807, 2.05) is 13.8 Å². The van der Waals surface area contributed by atoms with Gasteiger partial charge in [-0.15, -0.1) is 0 Å². The van der Waals surface area contributed by atoms with Gasteiger partial charge in [-0.05, 0) is 62.0 Å². The summed E-state index contributed by atoms with van der Waals surface area (Å²) in [5.74, 6) is -3.54. The van der Waals surface area contributed by atoms with Crippen molar-refractivity contribution in [1.29, 1.82) is 0 Å². The molecule has 0 aromatic heterocycles. The summed E-state index contributed by atoms with van der Waals surface area (Å²) in [5.41, 5.74) is 1.05. The van der Waals surface area contributed by atoms with Crippen LogP contribution < -0.4 is 15.4 Å². The van der Waals surface area contributed by atoms with Gasteiger partial charge < -0.3 is 20.3 Å². The molecule has 3 amide bonds. The number of carbonyl (C=O) groups excluding carboxylic acids is 4. The van der Waals surface area contributed by atoms with E-state index in [4.69, 9.17) is 28.6 Å². The smallest absolute Gasteiger partial charge is 0.260 e. The Kier molecular flexibility index (Phi) is 8.94. The van der Waals surface area contributed by atoms with Crippen LogP contribution in [0.3, 0.4) is 0 Å². The Hall–Kier alpha value is -3.41. The number of Topliss-reactive ketones (excluding diaryl/α,β-unsaturated/α-hetero) is 1. The van der Waals surface area contributed by atoms with Gasteiger partial charge >= 0.3 is 0 Å². The van der Waals surface area contributed by atoms with Gasteiger partial charge in [-0.2, -0.15) is 0 Å². The summed E-state index contributed by atoms with van der Waals surface area (Å²) < 4.78 is 19.0. The van der Waals surface area contributed by atoms with E-state index in [0.717, 1.165) is 5.56 Å². The number of nitrogens with one attached hydrogen (secondary N) is 2. The minimum absolute atomic E-state index is 0.0588. The fourth-order valence-corrected chi connectivity index (χ4v) is 5.06. The van der Waals surface area contributed by atoms with E-state index in [-0.39, 0.29) is 51.9 Å². The molecule has 2 aromatic rings. The van der Waals surface area contributed by atoms with Gasteiger partial charge in [0.05, 0.1) is 5.56 Å². The Morgan fingerprint density at radius 2 is 1.72 bits per heavy atom. The van der Waals surface area contributed by atoms with Crippen molar-refractivity contribution >= 4 is 52.4 Å². The van der Waals surface area contributed by atoms with Crippen LogP contribution in [0.2, 0.25) is 5.02 Å². The molecule has 206 valence electrons. The number of amides is 3. The summed E-state index contributed by atoms with van der Waals surface area (Å²) >= 11 is 10.9. The molecule has 0 aliphatic carbocycles. The maximum absolute atomic E-state index is 13.2. The third-order valence-electron chi connectivity index (χ3n) is 6.82. The van der Waals surface area contributed by atoms with Gasteiger partial charge in [0.15, 0.2) is 17.5 Å². The van der Waals surface area contributed by atoms with Crippen molar-refractivity contribution in [2.45, 2.75) is 38.9 Å². The highest BCUT2D eigenvalue weighted by Gasteiger charge is 2.36. The Labute approximate surface area is 235 Å². The maximum Gasteiger partial charge on any atom is 0.260 e. The third-order valence-corrected chi connectivity index (χ3v) is 7.26. The summed E-state index contributed by atoms with van der Waals surface area (Å²) in [5, 5.41) is 4.80. The summed E-state index contributed by atoms with van der Waals surface area (Å²) in [6.45, 7) is 5.41. The first-order valence-corrected chi connectivity index (χ1v) is 13.2. The van der Waals surface area contributed by atoms with Crippen LogP contribution in [-0.2, 0) is 20.9 Å². The van der Waals surface area contributed by atoms with Crippen molar-refractivity contribution in [2.24, 2.45) is 5.92 Å². The first kappa shape index (κ1) is 28.6. The predicted octanol–water partition coefficient (Wildman–Crippen LogP) is 2.70. The van der Waals surface area contributed by atoms with Crippen LogP contribution in [0.25, 0.3) is 0 Å². The van der Waals surface area contributed by atoms with Crippen LogP contribution in [0.1, 0.15) is 36.2 Å². The van der Waals surface area contributed by atoms with Crippen LogP contribution in [-0.4, -0.2) is 70.2 Å². The fourth-order valence-electron chi connectivity index (χ4n) is 4.69. The van der Waals surface area contributed by atoms with Crippen molar-refractivity contribution in [3.8, 4) is 5.75 Å². The van der Waals surface area contributed by atoms with E-state index in [0.29, 0.717) is 19.6 Å². The SMILES string of the molecule is CC1CN(C(=O)COc2ccc(Cl)cc2C(=O)CC2C(=O)NC(=S)NC2=O)C(C)CN1Cc1ccc(F)cc1. The van der Waals surface area contributed by atoms with Gasteiger partial charge in [0, 0.05) is 43.2 Å². The Balaban J connectivity index is 1.38. The standard InChI is InChI=1S/C27H28ClFN4O5S/c1-15-12-33(16(2)11-32(15)13-17-3-6-19(29)7-4-17)24(35)14-38-23-8-5-18(28)9-20(23)22(34)10-21-25(36)30-27(39)31-26(21)37/h3-9,15-16,21H,10-14H2,1-2H3,(H2,30,31,36,37,39). The highest BCUT2D eigenvalue weighted by atomic mass is 35.5. The number of thiocarbonyl (C=S) groups is 1. The normalized spacial score (nSPS) is 20.4. The number of piperazine rings is 1. The topological polar surface area (TPSA) is 108 Å². The summed E-state index contributed by atoms with van der Waals surface area (Å²) in [4.78, 5) is 54.5. The van der Waals surface area contributed by atoms with Crippen LogP contribution >= 0.6 is 23.8 Å². The van der Waals surface area contributed by atoms with Crippen molar-refractivity contribution in [3.05, 3.63) is 64.4 Å². The second-order valence-electron chi connectivity index (χ2n) is 9.72. The highest BCUT2D eigenvalue weighted by molar-refractivity contribution is 7.80. The van der Waals surface area contributed by atoms with E-state index in [9.17, 15) is 23.6 Å². The third kappa shape index (κ3) is 6.97. The molecule has 12 heteroatoms. The van der Waals surface area contributed by atoms with Crippen LogP contribution in [0.5, 0.6) is 5.75 Å². The minimum Gasteiger partial charge on any atom is -0.483 e. The second-order valence-corrected chi connectivity index (χ2v) is 10.6. The zero-order chi connectivity index (χ0) is 28.3. The molecule has 2 N–H and O–H groups in total. The van der Waals surface area contributed by atoms with Gasteiger partial charge in [0.1, 0.15) is 17.5 Å². The van der Waals surface area contributed by atoms with Gasteiger partial charge in [-0.25, -0.2) is 4.39 Å². The predicted molar refractivity (Wildman–Crippen MR) is 146 cm³/mol. The largest absolute Gasteiger partial charge is 0.483 e. The fraction of sp³-hybridized carbons (Fsp3) is 0.370. The number of nitrogens with zero attached hydrogens (tertiary/aromatic N) is 2. The monoisotopic (exact) mass is 574 g/mol. The van der Waals surface area contributed by atoms with E-state index < -0.39 is 29.9 Å². The molecule has 2 atom stereocenters. The van der Waals surface area contributed by atoms with Gasteiger partial charge in [-0.1, -0.05) is 23.7 Å². The Morgan fingerprint density at radius 3 is 2.38 bits per heavy atom. The molecule has 2 unspecified atom stereocenters. The number of hydrogen-bond acceptors (Lipinski definition) is 7. The van der Waals surface area contributed by atoms with Gasteiger partial charge in [-0.3, -0.25) is 24.1 Å². The molecule has 9 nitrogen and oxygen atoms in total. The van der Waals surface area contributed by atoms with E-state index in [1.165, 1.54) is 30.3 Å².